The van der Waals surface area contributed by atoms with Crippen LogP contribution in [0.5, 0.6) is 0 Å². The van der Waals surface area contributed by atoms with E-state index >= 15 is 0 Å². The molecular weight excluding hydrogens is 247 g/mol. The molecule has 0 saturated heterocycles. The van der Waals surface area contributed by atoms with Crippen LogP contribution in [0.3, 0.4) is 0 Å². The van der Waals surface area contributed by atoms with Crippen LogP contribution in [0, 0.1) is 0 Å². The highest BCUT2D eigenvalue weighted by atomic mass is 19.4. The van der Waals surface area contributed by atoms with Gasteiger partial charge in [0.25, 0.3) is 0 Å². The maximum absolute atomic E-state index is 11.9. The zero-order chi connectivity index (χ0) is 13.6. The molecule has 0 fully saturated rings. The number of aryl methyl sites for hydroxylation is 1. The highest BCUT2D eigenvalue weighted by Crippen LogP contribution is 2.14. The third-order valence-electron chi connectivity index (χ3n) is 2.63. The molecule has 0 aliphatic heterocycles. The number of imidazole rings is 1. The summed E-state index contributed by atoms with van der Waals surface area (Å²) in [5.41, 5.74) is 0. The molecule has 0 bridgehead atoms. The summed E-state index contributed by atoms with van der Waals surface area (Å²) in [5.74, 6) is 0.894. The number of aromatic nitrogens is 2. The topological polar surface area (TPSA) is 39.1 Å². The van der Waals surface area contributed by atoms with E-state index in [9.17, 15) is 13.2 Å². The van der Waals surface area contributed by atoms with Gasteiger partial charge in [-0.1, -0.05) is 0 Å². The Hall–Kier alpha value is -1.08. The number of likely N-dealkylation sites (N-methyl/N-ethyl adjacent to an activating group) is 1. The second-order valence-corrected chi connectivity index (χ2v) is 4.10. The first-order valence-electron chi connectivity index (χ1n) is 5.70. The average Bonchev–Trinajstić information content (AvgIpc) is 2.67. The maximum Gasteiger partial charge on any atom is 0.411 e. The van der Waals surface area contributed by atoms with Gasteiger partial charge in [0.2, 0.25) is 0 Å². The van der Waals surface area contributed by atoms with Gasteiger partial charge in [-0.05, 0) is 13.5 Å². The van der Waals surface area contributed by atoms with Crippen molar-refractivity contribution in [3.05, 3.63) is 18.2 Å². The van der Waals surface area contributed by atoms with E-state index in [4.69, 9.17) is 0 Å². The van der Waals surface area contributed by atoms with Crippen molar-refractivity contribution in [3.8, 4) is 0 Å². The van der Waals surface area contributed by atoms with Crippen LogP contribution in [0.25, 0.3) is 0 Å². The van der Waals surface area contributed by atoms with Crippen LogP contribution in [-0.2, 0) is 18.2 Å². The van der Waals surface area contributed by atoms with Gasteiger partial charge < -0.3 is 14.6 Å². The van der Waals surface area contributed by atoms with Crippen LogP contribution in [0.15, 0.2) is 12.4 Å². The molecule has 0 spiro atoms. The quantitative estimate of drug-likeness (QED) is 0.760. The summed E-state index contributed by atoms with van der Waals surface area (Å²) < 4.78 is 42.1. The number of rotatable bonds is 7. The molecule has 1 unspecified atom stereocenters. The summed E-state index contributed by atoms with van der Waals surface area (Å²) in [5, 5.41) is 3.05. The van der Waals surface area contributed by atoms with Gasteiger partial charge in [-0.25, -0.2) is 4.98 Å². The van der Waals surface area contributed by atoms with Gasteiger partial charge in [0.05, 0.1) is 0 Å². The summed E-state index contributed by atoms with van der Waals surface area (Å²) in [6.45, 7) is -1.11. The molecule has 1 heterocycles. The van der Waals surface area contributed by atoms with Gasteiger partial charge in [-0.15, -0.1) is 0 Å². The molecule has 4 nitrogen and oxygen atoms in total. The summed E-state index contributed by atoms with van der Waals surface area (Å²) in [6.07, 6.45) is 0.452. The number of nitrogens with zero attached hydrogens (tertiary/aromatic N) is 2. The van der Waals surface area contributed by atoms with Gasteiger partial charge in [-0.3, -0.25) is 0 Å². The van der Waals surface area contributed by atoms with Crippen LogP contribution in [0.1, 0.15) is 12.2 Å². The number of halogens is 3. The van der Waals surface area contributed by atoms with E-state index in [0.717, 1.165) is 5.82 Å². The summed E-state index contributed by atoms with van der Waals surface area (Å²) >= 11 is 0. The third-order valence-corrected chi connectivity index (χ3v) is 2.63. The lowest BCUT2D eigenvalue weighted by molar-refractivity contribution is -0.174. The second kappa shape index (κ2) is 6.75. The van der Waals surface area contributed by atoms with Crippen molar-refractivity contribution in [2.75, 3.05) is 20.3 Å². The Bertz CT molecular complexity index is 352. The van der Waals surface area contributed by atoms with E-state index in [1.54, 1.807) is 13.2 Å². The van der Waals surface area contributed by atoms with Crippen molar-refractivity contribution < 1.29 is 17.9 Å². The first kappa shape index (κ1) is 15.0. The van der Waals surface area contributed by atoms with Crippen LogP contribution in [0.2, 0.25) is 0 Å². The Kier molecular flexibility index (Phi) is 5.61. The summed E-state index contributed by atoms with van der Waals surface area (Å²) in [4.78, 5) is 4.17. The molecule has 0 amide bonds. The minimum Gasteiger partial charge on any atom is -0.372 e. The van der Waals surface area contributed by atoms with Crippen molar-refractivity contribution in [1.82, 2.24) is 14.9 Å². The standard InChI is InChI=1S/C11H18F3N3O/c1-15-9(3-6-18-8-11(12,13)14)7-10-16-4-5-17(10)2/h4-5,9,15H,3,6-8H2,1-2H3. The minimum absolute atomic E-state index is 0.0549. The molecule has 7 heteroatoms. The molecule has 1 N–H and O–H groups in total. The zero-order valence-corrected chi connectivity index (χ0v) is 10.5. The lowest BCUT2D eigenvalue weighted by atomic mass is 10.1. The average molecular weight is 265 g/mol. The van der Waals surface area contributed by atoms with Gasteiger partial charge in [0.15, 0.2) is 0 Å². The number of alkyl halides is 3. The predicted octanol–water partition coefficient (Wildman–Crippen LogP) is 1.52. The van der Waals surface area contributed by atoms with Crippen molar-refractivity contribution in [2.45, 2.75) is 25.1 Å². The minimum atomic E-state index is -4.26. The molecule has 1 atom stereocenters. The summed E-state index contributed by atoms with van der Waals surface area (Å²) in [7, 11) is 3.66. The van der Waals surface area contributed by atoms with Gasteiger partial charge >= 0.3 is 6.18 Å². The molecule has 1 aromatic heterocycles. The molecular formula is C11H18F3N3O. The fourth-order valence-electron chi connectivity index (χ4n) is 1.58. The largest absolute Gasteiger partial charge is 0.411 e. The number of hydrogen-bond donors (Lipinski definition) is 1. The molecule has 1 rings (SSSR count). The SMILES string of the molecule is CNC(CCOCC(F)(F)F)Cc1nccn1C. The van der Waals surface area contributed by atoms with E-state index in [1.165, 1.54) is 0 Å². The van der Waals surface area contributed by atoms with Crippen LogP contribution >= 0.6 is 0 Å². The Labute approximate surface area is 104 Å². The van der Waals surface area contributed by atoms with E-state index in [2.05, 4.69) is 15.0 Å². The molecule has 0 aliphatic carbocycles. The van der Waals surface area contributed by atoms with Crippen LogP contribution in [0.4, 0.5) is 13.2 Å². The number of nitrogens with one attached hydrogen (secondary N) is 1. The first-order valence-corrected chi connectivity index (χ1v) is 5.70. The molecule has 0 aliphatic rings. The fourth-order valence-corrected chi connectivity index (χ4v) is 1.58. The highest BCUT2D eigenvalue weighted by Gasteiger charge is 2.27. The molecule has 1 aromatic rings. The number of hydrogen-bond acceptors (Lipinski definition) is 3. The second-order valence-electron chi connectivity index (χ2n) is 4.10. The molecule has 0 saturated carbocycles. The van der Waals surface area contributed by atoms with E-state index in [-0.39, 0.29) is 12.6 Å². The highest BCUT2D eigenvalue weighted by molar-refractivity contribution is 4.94. The Morgan fingerprint density at radius 3 is 2.72 bits per heavy atom. The third kappa shape index (κ3) is 5.50. The zero-order valence-electron chi connectivity index (χ0n) is 10.5. The lowest BCUT2D eigenvalue weighted by Gasteiger charge is -2.16. The van der Waals surface area contributed by atoms with E-state index < -0.39 is 12.8 Å². The Morgan fingerprint density at radius 1 is 1.50 bits per heavy atom. The van der Waals surface area contributed by atoms with Crippen molar-refractivity contribution >= 4 is 0 Å². The number of ether oxygens (including phenoxy) is 1. The van der Waals surface area contributed by atoms with Crippen molar-refractivity contribution in [1.29, 1.82) is 0 Å². The van der Waals surface area contributed by atoms with E-state index in [0.29, 0.717) is 12.8 Å². The maximum atomic E-state index is 11.9. The van der Waals surface area contributed by atoms with Crippen molar-refractivity contribution in [2.24, 2.45) is 7.05 Å². The smallest absolute Gasteiger partial charge is 0.372 e. The van der Waals surface area contributed by atoms with Gasteiger partial charge in [0.1, 0.15) is 12.4 Å². The first-order chi connectivity index (χ1) is 8.42. The van der Waals surface area contributed by atoms with Crippen LogP contribution in [-0.4, -0.2) is 42.0 Å². The van der Waals surface area contributed by atoms with Gasteiger partial charge in [0, 0.05) is 38.5 Å². The van der Waals surface area contributed by atoms with Gasteiger partial charge in [-0.2, -0.15) is 13.2 Å². The molecule has 0 radical (unpaired) electrons. The predicted molar refractivity (Wildman–Crippen MR) is 61.3 cm³/mol. The Balaban J connectivity index is 2.28. The normalized spacial score (nSPS) is 13.8. The monoisotopic (exact) mass is 265 g/mol. The Morgan fingerprint density at radius 2 is 2.22 bits per heavy atom. The molecule has 18 heavy (non-hydrogen) atoms. The lowest BCUT2D eigenvalue weighted by Crippen LogP contribution is -2.30. The van der Waals surface area contributed by atoms with Crippen LogP contribution < -0.4 is 5.32 Å². The van der Waals surface area contributed by atoms with Crippen molar-refractivity contribution in [3.63, 3.8) is 0 Å². The summed E-state index contributed by atoms with van der Waals surface area (Å²) in [6, 6.07) is 0.0549. The van der Waals surface area contributed by atoms with E-state index in [1.807, 2.05) is 17.8 Å². The molecule has 104 valence electrons. The molecule has 0 aromatic carbocycles. The fraction of sp³-hybridized carbons (Fsp3) is 0.727.